The fourth-order valence-electron chi connectivity index (χ4n) is 3.03. The number of aryl methyl sites for hydroxylation is 1. The highest BCUT2D eigenvalue weighted by Gasteiger charge is 2.36. The Labute approximate surface area is 109 Å². The van der Waals surface area contributed by atoms with Gasteiger partial charge in [0, 0.05) is 6.42 Å². The summed E-state index contributed by atoms with van der Waals surface area (Å²) in [5, 5.41) is 10.7. The lowest BCUT2D eigenvalue weighted by Gasteiger charge is -2.39. The summed E-state index contributed by atoms with van der Waals surface area (Å²) in [5.74, 6) is 1.01. The van der Waals surface area contributed by atoms with E-state index in [1.807, 2.05) is 6.92 Å². The second kappa shape index (κ2) is 5.00. The third-order valence-electron chi connectivity index (χ3n) is 4.57. The van der Waals surface area contributed by atoms with E-state index in [2.05, 4.69) is 13.8 Å². The molecular formula is C16H23FO. The van der Waals surface area contributed by atoms with E-state index in [0.29, 0.717) is 18.3 Å². The molecule has 2 heteroatoms. The third kappa shape index (κ3) is 2.92. The second-order valence-electron chi connectivity index (χ2n) is 6.17. The molecule has 0 saturated heterocycles. The second-order valence-corrected chi connectivity index (χ2v) is 6.17. The number of benzene rings is 1. The first-order valence-corrected chi connectivity index (χ1v) is 6.87. The number of aliphatic hydroxyl groups is 1. The van der Waals surface area contributed by atoms with Crippen molar-refractivity contribution >= 4 is 0 Å². The largest absolute Gasteiger partial charge is 0.390 e. The Morgan fingerprint density at radius 2 is 2.06 bits per heavy atom. The van der Waals surface area contributed by atoms with Crippen molar-refractivity contribution in [3.05, 3.63) is 35.1 Å². The Morgan fingerprint density at radius 3 is 2.72 bits per heavy atom. The van der Waals surface area contributed by atoms with E-state index >= 15 is 0 Å². The maximum atomic E-state index is 13.3. The number of hydrogen-bond donors (Lipinski definition) is 1. The molecule has 0 amide bonds. The van der Waals surface area contributed by atoms with Crippen LogP contribution in [-0.4, -0.2) is 10.7 Å². The summed E-state index contributed by atoms with van der Waals surface area (Å²) in [6.07, 6.45) is 3.29. The van der Waals surface area contributed by atoms with Crippen LogP contribution in [0.2, 0.25) is 0 Å². The highest BCUT2D eigenvalue weighted by atomic mass is 19.1. The normalized spacial score (nSPS) is 32.5. The minimum atomic E-state index is -0.648. The average molecular weight is 250 g/mol. The first-order valence-electron chi connectivity index (χ1n) is 6.87. The molecule has 0 radical (unpaired) electrons. The zero-order valence-corrected chi connectivity index (χ0v) is 11.5. The standard InChI is InChI=1S/C16H23FO/c1-11-6-7-16(18,9-13(11)3)10-14-8-15(17)5-4-12(14)2/h4-5,8,11,13,18H,6-7,9-10H2,1-3H3. The van der Waals surface area contributed by atoms with E-state index in [9.17, 15) is 9.50 Å². The van der Waals surface area contributed by atoms with Gasteiger partial charge in [-0.05, 0) is 61.3 Å². The van der Waals surface area contributed by atoms with Gasteiger partial charge in [-0.25, -0.2) is 4.39 Å². The van der Waals surface area contributed by atoms with Gasteiger partial charge in [0.05, 0.1) is 5.60 Å². The molecule has 2 rings (SSSR count). The first-order chi connectivity index (χ1) is 8.39. The highest BCUT2D eigenvalue weighted by Crippen LogP contribution is 2.38. The Bertz CT molecular complexity index is 429. The van der Waals surface area contributed by atoms with Gasteiger partial charge in [0.1, 0.15) is 5.82 Å². The van der Waals surface area contributed by atoms with E-state index in [-0.39, 0.29) is 5.82 Å². The monoisotopic (exact) mass is 250 g/mol. The maximum Gasteiger partial charge on any atom is 0.123 e. The molecule has 1 N–H and O–H groups in total. The quantitative estimate of drug-likeness (QED) is 0.845. The molecule has 1 aliphatic rings. The first kappa shape index (κ1) is 13.5. The number of halogens is 1. The molecule has 0 bridgehead atoms. The van der Waals surface area contributed by atoms with Crippen LogP contribution in [0.15, 0.2) is 18.2 Å². The summed E-state index contributed by atoms with van der Waals surface area (Å²) in [7, 11) is 0. The molecule has 18 heavy (non-hydrogen) atoms. The lowest BCUT2D eigenvalue weighted by molar-refractivity contribution is -0.0281. The van der Waals surface area contributed by atoms with E-state index in [1.165, 1.54) is 6.07 Å². The SMILES string of the molecule is Cc1ccc(F)cc1CC1(O)CCC(C)C(C)C1. The Balaban J connectivity index is 2.15. The van der Waals surface area contributed by atoms with Crippen LogP contribution < -0.4 is 0 Å². The minimum absolute atomic E-state index is 0.212. The molecule has 1 aliphatic carbocycles. The zero-order chi connectivity index (χ0) is 13.3. The summed E-state index contributed by atoms with van der Waals surface area (Å²) in [4.78, 5) is 0. The lowest BCUT2D eigenvalue weighted by atomic mass is 9.71. The van der Waals surface area contributed by atoms with Crippen molar-refractivity contribution in [3.63, 3.8) is 0 Å². The molecule has 100 valence electrons. The van der Waals surface area contributed by atoms with Crippen molar-refractivity contribution in [1.82, 2.24) is 0 Å². The molecule has 0 aromatic heterocycles. The lowest BCUT2D eigenvalue weighted by Crippen LogP contribution is -2.39. The van der Waals surface area contributed by atoms with Crippen LogP contribution in [0.25, 0.3) is 0 Å². The van der Waals surface area contributed by atoms with Crippen molar-refractivity contribution in [1.29, 1.82) is 0 Å². The molecule has 1 fully saturated rings. The van der Waals surface area contributed by atoms with Gasteiger partial charge in [0.25, 0.3) is 0 Å². The highest BCUT2D eigenvalue weighted by molar-refractivity contribution is 5.28. The average Bonchev–Trinajstić information content (AvgIpc) is 2.29. The van der Waals surface area contributed by atoms with Gasteiger partial charge >= 0.3 is 0 Å². The summed E-state index contributed by atoms with van der Waals surface area (Å²) in [5.41, 5.74) is 1.36. The Hall–Kier alpha value is -0.890. The van der Waals surface area contributed by atoms with Crippen LogP contribution in [0, 0.1) is 24.6 Å². The fourth-order valence-corrected chi connectivity index (χ4v) is 3.03. The number of hydrogen-bond acceptors (Lipinski definition) is 1. The fraction of sp³-hybridized carbons (Fsp3) is 0.625. The van der Waals surface area contributed by atoms with Gasteiger partial charge in [0.2, 0.25) is 0 Å². The predicted molar refractivity (Wildman–Crippen MR) is 72.0 cm³/mol. The molecule has 0 spiro atoms. The van der Waals surface area contributed by atoms with E-state index in [0.717, 1.165) is 30.4 Å². The zero-order valence-electron chi connectivity index (χ0n) is 11.5. The van der Waals surface area contributed by atoms with Crippen LogP contribution in [0.4, 0.5) is 4.39 Å². The van der Waals surface area contributed by atoms with E-state index in [1.54, 1.807) is 12.1 Å². The van der Waals surface area contributed by atoms with Crippen LogP contribution in [-0.2, 0) is 6.42 Å². The van der Waals surface area contributed by atoms with Gasteiger partial charge in [-0.1, -0.05) is 19.9 Å². The molecule has 3 atom stereocenters. The van der Waals surface area contributed by atoms with Crippen LogP contribution in [0.5, 0.6) is 0 Å². The van der Waals surface area contributed by atoms with Gasteiger partial charge in [-0.15, -0.1) is 0 Å². The molecule has 1 nitrogen and oxygen atoms in total. The molecular weight excluding hydrogens is 227 g/mol. The molecule has 0 heterocycles. The van der Waals surface area contributed by atoms with E-state index in [4.69, 9.17) is 0 Å². The number of rotatable bonds is 2. The van der Waals surface area contributed by atoms with Gasteiger partial charge < -0.3 is 5.11 Å². The summed E-state index contributed by atoms with van der Waals surface area (Å²) in [6, 6.07) is 4.84. The van der Waals surface area contributed by atoms with E-state index < -0.39 is 5.60 Å². The summed E-state index contributed by atoms with van der Waals surface area (Å²) >= 11 is 0. The molecule has 1 saturated carbocycles. The molecule has 1 aromatic rings. The van der Waals surface area contributed by atoms with Crippen LogP contribution in [0.1, 0.15) is 44.2 Å². The molecule has 0 aliphatic heterocycles. The van der Waals surface area contributed by atoms with Gasteiger partial charge in [0.15, 0.2) is 0 Å². The van der Waals surface area contributed by atoms with Crippen molar-refractivity contribution < 1.29 is 9.50 Å². The van der Waals surface area contributed by atoms with Crippen LogP contribution >= 0.6 is 0 Å². The topological polar surface area (TPSA) is 20.2 Å². The summed E-state index contributed by atoms with van der Waals surface area (Å²) in [6.45, 7) is 6.43. The smallest absolute Gasteiger partial charge is 0.123 e. The van der Waals surface area contributed by atoms with Crippen molar-refractivity contribution in [2.75, 3.05) is 0 Å². The Kier molecular flexibility index (Phi) is 3.76. The Morgan fingerprint density at radius 1 is 1.33 bits per heavy atom. The maximum absolute atomic E-state index is 13.3. The van der Waals surface area contributed by atoms with Gasteiger partial charge in [-0.3, -0.25) is 0 Å². The van der Waals surface area contributed by atoms with Crippen molar-refractivity contribution in [2.24, 2.45) is 11.8 Å². The van der Waals surface area contributed by atoms with Crippen LogP contribution in [0.3, 0.4) is 0 Å². The molecule has 1 aromatic carbocycles. The van der Waals surface area contributed by atoms with Crippen molar-refractivity contribution in [3.8, 4) is 0 Å². The van der Waals surface area contributed by atoms with Crippen molar-refractivity contribution in [2.45, 2.75) is 52.1 Å². The predicted octanol–water partition coefficient (Wildman–Crippen LogP) is 3.86. The minimum Gasteiger partial charge on any atom is -0.390 e. The molecule has 3 unspecified atom stereocenters. The van der Waals surface area contributed by atoms with Gasteiger partial charge in [-0.2, -0.15) is 0 Å². The third-order valence-corrected chi connectivity index (χ3v) is 4.57. The summed E-state index contributed by atoms with van der Waals surface area (Å²) < 4.78 is 13.3.